The molecule has 7 heteroatoms. The van der Waals surface area contributed by atoms with Crippen molar-refractivity contribution in [3.8, 4) is 23.0 Å². The van der Waals surface area contributed by atoms with Gasteiger partial charge in [0.15, 0.2) is 11.5 Å². The molecule has 0 saturated heterocycles. The number of hydrogen-bond donors (Lipinski definition) is 2. The lowest BCUT2D eigenvalue weighted by Crippen LogP contribution is -2.18. The molecule has 0 amide bonds. The summed E-state index contributed by atoms with van der Waals surface area (Å²) in [5, 5.41) is 20.3. The quantitative estimate of drug-likeness (QED) is 0.677. The summed E-state index contributed by atoms with van der Waals surface area (Å²) in [5.41, 5.74) is 1.78. The molecular formula is C22H25ClO6. The molecule has 0 bridgehead atoms. The van der Waals surface area contributed by atoms with Crippen LogP contribution >= 0.6 is 11.6 Å². The van der Waals surface area contributed by atoms with Crippen LogP contribution in [0.25, 0.3) is 0 Å². The van der Waals surface area contributed by atoms with E-state index in [-0.39, 0.29) is 41.4 Å². The molecule has 1 heterocycles. The standard InChI is InChI=1S/C22H25ClO6/c1-12-9-15(25)20-14(18(12)23)10-28-21(26)17-16(29-20)6-5-13(19(17)27-4)7-8-22(2,3)11-24/h5-6,9,24-25H,7-8,10-11H2,1-4H3. The minimum Gasteiger partial charge on any atom is -0.504 e. The Hall–Kier alpha value is -2.44. The number of aliphatic hydroxyl groups excluding tert-OH is 1. The molecule has 2 aromatic carbocycles. The van der Waals surface area contributed by atoms with Crippen molar-refractivity contribution in [1.29, 1.82) is 0 Å². The molecule has 0 fully saturated rings. The van der Waals surface area contributed by atoms with Crippen LogP contribution in [0.15, 0.2) is 18.2 Å². The number of aromatic hydroxyl groups is 1. The minimum atomic E-state index is -0.595. The van der Waals surface area contributed by atoms with Gasteiger partial charge in [-0.05, 0) is 48.4 Å². The van der Waals surface area contributed by atoms with Crippen molar-refractivity contribution in [2.45, 2.75) is 40.2 Å². The number of benzene rings is 2. The summed E-state index contributed by atoms with van der Waals surface area (Å²) in [7, 11) is 1.48. The van der Waals surface area contributed by atoms with E-state index in [1.165, 1.54) is 13.2 Å². The predicted molar refractivity (Wildman–Crippen MR) is 109 cm³/mol. The van der Waals surface area contributed by atoms with Gasteiger partial charge in [-0.2, -0.15) is 0 Å². The lowest BCUT2D eigenvalue weighted by molar-refractivity contribution is 0.0454. The third-order valence-electron chi connectivity index (χ3n) is 5.14. The number of methoxy groups -OCH3 is 1. The number of phenols is 1. The Morgan fingerprint density at radius 3 is 2.69 bits per heavy atom. The zero-order valence-electron chi connectivity index (χ0n) is 17.0. The maximum atomic E-state index is 12.8. The SMILES string of the molecule is COc1c(CCC(C)(C)CO)ccc2c1C(=O)OCc1c(Cl)c(C)cc(O)c1O2. The van der Waals surface area contributed by atoms with Crippen molar-refractivity contribution in [1.82, 2.24) is 0 Å². The number of carbonyl (C=O) groups is 1. The van der Waals surface area contributed by atoms with Crippen LogP contribution in [0.5, 0.6) is 23.0 Å². The molecule has 1 aliphatic heterocycles. The molecule has 0 spiro atoms. The minimum absolute atomic E-state index is 0.0572. The fourth-order valence-corrected chi connectivity index (χ4v) is 3.45. The van der Waals surface area contributed by atoms with Crippen LogP contribution in [0.4, 0.5) is 0 Å². The highest BCUT2D eigenvalue weighted by atomic mass is 35.5. The van der Waals surface area contributed by atoms with Gasteiger partial charge < -0.3 is 24.4 Å². The highest BCUT2D eigenvalue weighted by molar-refractivity contribution is 6.32. The van der Waals surface area contributed by atoms with Crippen LogP contribution in [-0.2, 0) is 17.8 Å². The van der Waals surface area contributed by atoms with Crippen molar-refractivity contribution < 1.29 is 29.2 Å². The molecule has 3 rings (SSSR count). The number of ether oxygens (including phenoxy) is 3. The molecule has 6 nitrogen and oxygen atoms in total. The van der Waals surface area contributed by atoms with Crippen LogP contribution in [0.3, 0.4) is 0 Å². The van der Waals surface area contributed by atoms with E-state index in [0.29, 0.717) is 34.7 Å². The summed E-state index contributed by atoms with van der Waals surface area (Å²) in [6.45, 7) is 5.61. The van der Waals surface area contributed by atoms with Gasteiger partial charge in [-0.25, -0.2) is 4.79 Å². The van der Waals surface area contributed by atoms with Crippen molar-refractivity contribution in [2.24, 2.45) is 5.41 Å². The van der Waals surface area contributed by atoms with E-state index >= 15 is 0 Å². The molecule has 29 heavy (non-hydrogen) atoms. The fourth-order valence-electron chi connectivity index (χ4n) is 3.26. The molecule has 0 atom stereocenters. The van der Waals surface area contributed by atoms with Crippen molar-refractivity contribution >= 4 is 17.6 Å². The van der Waals surface area contributed by atoms with Crippen LogP contribution in [0.2, 0.25) is 5.02 Å². The molecule has 2 N–H and O–H groups in total. The van der Waals surface area contributed by atoms with Crippen molar-refractivity contribution in [3.05, 3.63) is 45.5 Å². The molecule has 2 aromatic rings. The summed E-state index contributed by atoms with van der Waals surface area (Å²) >= 11 is 6.34. The third kappa shape index (κ3) is 4.14. The van der Waals surface area contributed by atoms with E-state index < -0.39 is 5.97 Å². The van der Waals surface area contributed by atoms with E-state index in [4.69, 9.17) is 25.8 Å². The lowest BCUT2D eigenvalue weighted by Gasteiger charge is -2.24. The monoisotopic (exact) mass is 420 g/mol. The first-order valence-electron chi connectivity index (χ1n) is 9.35. The normalized spacial score (nSPS) is 13.5. The van der Waals surface area contributed by atoms with Gasteiger partial charge in [-0.1, -0.05) is 31.5 Å². The van der Waals surface area contributed by atoms with Gasteiger partial charge in [0.1, 0.15) is 23.7 Å². The lowest BCUT2D eigenvalue weighted by atomic mass is 9.86. The molecule has 0 unspecified atom stereocenters. The van der Waals surface area contributed by atoms with Gasteiger partial charge in [-0.3, -0.25) is 0 Å². The van der Waals surface area contributed by atoms with Crippen molar-refractivity contribution in [3.63, 3.8) is 0 Å². The predicted octanol–water partition coefficient (Wildman–Crippen LogP) is 4.78. The molecule has 1 aliphatic rings. The Morgan fingerprint density at radius 1 is 1.31 bits per heavy atom. The molecular weight excluding hydrogens is 396 g/mol. The summed E-state index contributed by atoms with van der Waals surface area (Å²) in [5.74, 6) is 0.0579. The number of phenolic OH excluding ortho intramolecular Hbond substituents is 1. The van der Waals surface area contributed by atoms with Gasteiger partial charge in [-0.15, -0.1) is 0 Å². The summed E-state index contributed by atoms with van der Waals surface area (Å²) in [4.78, 5) is 12.8. The first-order chi connectivity index (χ1) is 13.7. The number of esters is 1. The van der Waals surface area contributed by atoms with Crippen LogP contribution < -0.4 is 9.47 Å². The molecule has 0 aliphatic carbocycles. The Balaban J connectivity index is 2.08. The maximum absolute atomic E-state index is 12.8. The number of hydrogen-bond acceptors (Lipinski definition) is 6. The van der Waals surface area contributed by atoms with Gasteiger partial charge >= 0.3 is 5.97 Å². The fraction of sp³-hybridized carbons (Fsp3) is 0.409. The number of fused-ring (bicyclic) bond motifs is 2. The topological polar surface area (TPSA) is 85.2 Å². The van der Waals surface area contributed by atoms with E-state index in [2.05, 4.69) is 0 Å². The van der Waals surface area contributed by atoms with Gasteiger partial charge in [0.2, 0.25) is 0 Å². The summed E-state index contributed by atoms with van der Waals surface area (Å²) < 4.78 is 16.9. The number of rotatable bonds is 5. The van der Waals surface area contributed by atoms with Crippen LogP contribution in [-0.4, -0.2) is 29.9 Å². The Bertz CT molecular complexity index is 951. The zero-order chi connectivity index (χ0) is 21.3. The van der Waals surface area contributed by atoms with E-state index in [1.807, 2.05) is 19.9 Å². The smallest absolute Gasteiger partial charge is 0.346 e. The van der Waals surface area contributed by atoms with Gasteiger partial charge in [0.05, 0.1) is 17.7 Å². The maximum Gasteiger partial charge on any atom is 0.346 e. The first kappa shape index (κ1) is 21.3. The van der Waals surface area contributed by atoms with E-state index in [1.54, 1.807) is 13.0 Å². The van der Waals surface area contributed by atoms with E-state index in [0.717, 1.165) is 5.56 Å². The number of aryl methyl sites for hydroxylation is 2. The highest BCUT2D eigenvalue weighted by Gasteiger charge is 2.29. The largest absolute Gasteiger partial charge is 0.504 e. The summed E-state index contributed by atoms with van der Waals surface area (Å²) in [6.07, 6.45) is 1.30. The number of halogens is 1. The Labute approximate surface area is 175 Å². The zero-order valence-corrected chi connectivity index (χ0v) is 17.7. The molecule has 156 valence electrons. The highest BCUT2D eigenvalue weighted by Crippen LogP contribution is 2.45. The summed E-state index contributed by atoms with van der Waals surface area (Å²) in [6, 6.07) is 4.97. The third-order valence-corrected chi connectivity index (χ3v) is 5.67. The number of carbonyl (C=O) groups excluding carboxylic acids is 1. The Kier molecular flexibility index (Phi) is 5.96. The molecule has 0 aromatic heterocycles. The second kappa shape index (κ2) is 8.13. The molecule has 0 saturated carbocycles. The van der Waals surface area contributed by atoms with E-state index in [9.17, 15) is 15.0 Å². The Morgan fingerprint density at radius 2 is 2.03 bits per heavy atom. The van der Waals surface area contributed by atoms with Gasteiger partial charge in [0.25, 0.3) is 0 Å². The van der Waals surface area contributed by atoms with Crippen LogP contribution in [0, 0.1) is 12.3 Å². The molecule has 0 radical (unpaired) electrons. The first-order valence-corrected chi connectivity index (χ1v) is 9.73. The second-order valence-electron chi connectivity index (χ2n) is 7.97. The van der Waals surface area contributed by atoms with Gasteiger partial charge in [0, 0.05) is 6.61 Å². The van der Waals surface area contributed by atoms with Crippen molar-refractivity contribution in [2.75, 3.05) is 13.7 Å². The second-order valence-corrected chi connectivity index (χ2v) is 8.34. The van der Waals surface area contributed by atoms with Crippen LogP contribution in [0.1, 0.15) is 47.3 Å². The number of cyclic esters (lactones) is 1. The average molecular weight is 421 g/mol. The number of aliphatic hydroxyl groups is 1. The average Bonchev–Trinajstić information content (AvgIpc) is 2.68.